The molecular formula is C16H13N. The molecule has 0 aliphatic heterocycles. The molecule has 1 nitrogen and oxygen atoms in total. The van der Waals surface area contributed by atoms with Gasteiger partial charge in [-0.2, -0.15) is 0 Å². The van der Waals surface area contributed by atoms with Crippen LogP contribution >= 0.6 is 0 Å². The molecule has 0 radical (unpaired) electrons. The van der Waals surface area contributed by atoms with Crippen molar-refractivity contribution in [1.82, 2.24) is 4.57 Å². The number of benzene rings is 2. The van der Waals surface area contributed by atoms with Gasteiger partial charge in [-0.15, -0.1) is 0 Å². The third kappa shape index (κ3) is 1.40. The van der Waals surface area contributed by atoms with Crippen LogP contribution < -0.4 is 10.6 Å². The van der Waals surface area contributed by atoms with Gasteiger partial charge in [0.05, 0.1) is 5.52 Å². The summed E-state index contributed by atoms with van der Waals surface area (Å²) in [6.45, 7) is 8.25. The van der Waals surface area contributed by atoms with E-state index >= 15 is 0 Å². The maximum Gasteiger partial charge on any atom is 0.0540 e. The van der Waals surface area contributed by atoms with Gasteiger partial charge in [0.25, 0.3) is 0 Å². The summed E-state index contributed by atoms with van der Waals surface area (Å²) in [5.74, 6) is 0. The highest BCUT2D eigenvalue weighted by Gasteiger charge is 2.05. The molecule has 0 amide bonds. The van der Waals surface area contributed by atoms with Crippen molar-refractivity contribution < 1.29 is 0 Å². The Hall–Kier alpha value is -2.28. The van der Waals surface area contributed by atoms with Crippen molar-refractivity contribution >= 4 is 24.1 Å². The molecular weight excluding hydrogens is 206 g/mol. The average molecular weight is 219 g/mol. The second-order valence-corrected chi connectivity index (χ2v) is 4.11. The lowest BCUT2D eigenvalue weighted by Gasteiger charge is -2.05. The number of hydrogen-bond acceptors (Lipinski definition) is 0. The minimum atomic E-state index is 0.956. The van der Waals surface area contributed by atoms with E-state index in [0.29, 0.717) is 0 Å². The summed E-state index contributed by atoms with van der Waals surface area (Å²) in [6, 6.07) is 18.5. The molecule has 1 heteroatoms. The third-order valence-electron chi connectivity index (χ3n) is 3.10. The second-order valence-electron chi connectivity index (χ2n) is 4.11. The second kappa shape index (κ2) is 3.63. The molecule has 17 heavy (non-hydrogen) atoms. The van der Waals surface area contributed by atoms with Gasteiger partial charge >= 0.3 is 0 Å². The van der Waals surface area contributed by atoms with Crippen LogP contribution in [-0.2, 0) is 0 Å². The van der Waals surface area contributed by atoms with Crippen LogP contribution in [0.5, 0.6) is 0 Å². The van der Waals surface area contributed by atoms with Crippen LogP contribution in [0, 0.1) is 0 Å². The van der Waals surface area contributed by atoms with Gasteiger partial charge in [-0.05, 0) is 18.2 Å². The van der Waals surface area contributed by atoms with Crippen molar-refractivity contribution in [2.75, 3.05) is 0 Å². The Labute approximate surface area is 99.9 Å². The first-order chi connectivity index (χ1) is 8.29. The predicted octanol–water partition coefficient (Wildman–Crippen LogP) is 2.45. The summed E-state index contributed by atoms with van der Waals surface area (Å²) in [5.41, 5.74) is 2.29. The molecule has 0 saturated carbocycles. The molecule has 0 spiro atoms. The zero-order chi connectivity index (χ0) is 11.8. The van der Waals surface area contributed by atoms with Crippen LogP contribution in [0.15, 0.2) is 54.6 Å². The van der Waals surface area contributed by atoms with Gasteiger partial charge in [-0.1, -0.05) is 49.6 Å². The van der Waals surface area contributed by atoms with Gasteiger partial charge in [-0.25, -0.2) is 0 Å². The first-order valence-corrected chi connectivity index (χ1v) is 5.62. The maximum absolute atomic E-state index is 4.13. The van der Waals surface area contributed by atoms with Crippen molar-refractivity contribution in [3.8, 4) is 5.69 Å². The number of aromatic nitrogens is 1. The molecule has 0 N–H and O–H groups in total. The highest BCUT2D eigenvalue weighted by molar-refractivity contribution is 5.82. The number of para-hydroxylation sites is 2. The van der Waals surface area contributed by atoms with E-state index in [1.807, 2.05) is 30.3 Å². The van der Waals surface area contributed by atoms with Crippen LogP contribution in [0.2, 0.25) is 0 Å². The van der Waals surface area contributed by atoms with Crippen LogP contribution in [-0.4, -0.2) is 4.57 Å². The van der Waals surface area contributed by atoms with Crippen molar-refractivity contribution in [3.05, 3.63) is 65.2 Å². The smallest absolute Gasteiger partial charge is 0.0540 e. The first-order valence-electron chi connectivity index (χ1n) is 5.62. The topological polar surface area (TPSA) is 4.93 Å². The van der Waals surface area contributed by atoms with Gasteiger partial charge in [0.1, 0.15) is 0 Å². The molecule has 0 atom stereocenters. The van der Waals surface area contributed by atoms with E-state index < -0.39 is 0 Å². The molecule has 1 heterocycles. The third-order valence-corrected chi connectivity index (χ3v) is 3.10. The zero-order valence-corrected chi connectivity index (χ0v) is 9.56. The van der Waals surface area contributed by atoms with E-state index in [-0.39, 0.29) is 0 Å². The Morgan fingerprint density at radius 2 is 1.41 bits per heavy atom. The van der Waals surface area contributed by atoms with Gasteiger partial charge < -0.3 is 4.57 Å². The minimum Gasteiger partial charge on any atom is -0.310 e. The average Bonchev–Trinajstić information content (AvgIpc) is 2.64. The number of nitrogens with zero attached hydrogens (tertiary/aromatic N) is 1. The van der Waals surface area contributed by atoms with Gasteiger partial charge in [-0.3, -0.25) is 0 Å². The van der Waals surface area contributed by atoms with E-state index in [0.717, 1.165) is 21.8 Å². The fourth-order valence-corrected chi connectivity index (χ4v) is 2.23. The van der Waals surface area contributed by atoms with Gasteiger partial charge in [0.15, 0.2) is 0 Å². The van der Waals surface area contributed by atoms with E-state index in [2.05, 4.69) is 42.0 Å². The fourth-order valence-electron chi connectivity index (χ4n) is 2.23. The quantitative estimate of drug-likeness (QED) is 0.592. The summed E-state index contributed by atoms with van der Waals surface area (Å²) >= 11 is 0. The minimum absolute atomic E-state index is 0.956. The largest absolute Gasteiger partial charge is 0.310 e. The summed E-state index contributed by atoms with van der Waals surface area (Å²) in [4.78, 5) is 0. The van der Waals surface area contributed by atoms with Crippen LogP contribution in [0.25, 0.3) is 29.7 Å². The van der Waals surface area contributed by atoms with Crippen molar-refractivity contribution in [2.24, 2.45) is 0 Å². The summed E-state index contributed by atoms with van der Waals surface area (Å²) in [7, 11) is 0. The molecule has 0 bridgehead atoms. The standard InChI is InChI=1S/C16H13N/c1-12-13(2)17(14-8-4-3-5-9-14)16-11-7-6-10-15(12)16/h3-11H,1-2H2. The van der Waals surface area contributed by atoms with E-state index in [4.69, 9.17) is 0 Å². The lowest BCUT2D eigenvalue weighted by Crippen LogP contribution is -2.25. The number of rotatable bonds is 1. The Bertz CT molecular complexity index is 766. The highest BCUT2D eigenvalue weighted by Crippen LogP contribution is 2.13. The Morgan fingerprint density at radius 1 is 0.765 bits per heavy atom. The molecule has 3 rings (SSSR count). The predicted molar refractivity (Wildman–Crippen MR) is 73.6 cm³/mol. The fraction of sp³-hybridized carbons (Fsp3) is 0. The molecule has 1 aromatic heterocycles. The molecule has 0 fully saturated rings. The summed E-state index contributed by atoms with van der Waals surface area (Å²) < 4.78 is 2.15. The van der Waals surface area contributed by atoms with E-state index in [9.17, 15) is 0 Å². The van der Waals surface area contributed by atoms with Gasteiger partial charge in [0.2, 0.25) is 0 Å². The van der Waals surface area contributed by atoms with Crippen molar-refractivity contribution in [3.63, 3.8) is 0 Å². The lowest BCUT2D eigenvalue weighted by atomic mass is 10.2. The molecule has 0 unspecified atom stereocenters. The molecule has 3 aromatic rings. The van der Waals surface area contributed by atoms with Crippen molar-refractivity contribution in [1.29, 1.82) is 0 Å². The number of hydrogen-bond donors (Lipinski definition) is 0. The highest BCUT2D eigenvalue weighted by atomic mass is 15.0. The monoisotopic (exact) mass is 219 g/mol. The SMILES string of the molecule is C=c1c(=C)n(-c2ccccc2)c2ccccc12. The lowest BCUT2D eigenvalue weighted by molar-refractivity contribution is 1.07. The molecule has 0 aliphatic carbocycles. The molecule has 0 aliphatic rings. The van der Waals surface area contributed by atoms with Crippen LogP contribution in [0.3, 0.4) is 0 Å². The Morgan fingerprint density at radius 3 is 2.18 bits per heavy atom. The summed E-state index contributed by atoms with van der Waals surface area (Å²) in [5, 5.41) is 3.13. The van der Waals surface area contributed by atoms with Crippen molar-refractivity contribution in [2.45, 2.75) is 0 Å². The van der Waals surface area contributed by atoms with Gasteiger partial charge in [0, 0.05) is 21.6 Å². The Balaban J connectivity index is 2.50. The molecule has 82 valence electrons. The number of fused-ring (bicyclic) bond motifs is 1. The first kappa shape index (κ1) is 9.91. The molecule has 0 saturated heterocycles. The molecule has 2 aromatic carbocycles. The van der Waals surface area contributed by atoms with E-state index in [1.165, 1.54) is 5.39 Å². The van der Waals surface area contributed by atoms with Crippen LogP contribution in [0.4, 0.5) is 0 Å². The Kier molecular flexibility index (Phi) is 2.12. The van der Waals surface area contributed by atoms with Crippen LogP contribution in [0.1, 0.15) is 0 Å². The maximum atomic E-state index is 4.13. The zero-order valence-electron chi connectivity index (χ0n) is 9.56. The van der Waals surface area contributed by atoms with E-state index in [1.54, 1.807) is 0 Å². The summed E-state index contributed by atoms with van der Waals surface area (Å²) in [6.07, 6.45) is 0. The normalized spacial score (nSPS) is 10.8.